The summed E-state index contributed by atoms with van der Waals surface area (Å²) in [6, 6.07) is 2.04. The first kappa shape index (κ1) is 14.0. The fraction of sp³-hybridized carbons (Fsp3) is 0.692. The molecule has 0 spiro atoms. The summed E-state index contributed by atoms with van der Waals surface area (Å²) in [6.45, 7) is 2.96. The summed E-state index contributed by atoms with van der Waals surface area (Å²) in [6.07, 6.45) is 3.58. The maximum absolute atomic E-state index is 5.79. The third kappa shape index (κ3) is 3.78. The highest BCUT2D eigenvalue weighted by Crippen LogP contribution is 2.24. The molecular weight excluding hydrogens is 244 g/mol. The van der Waals surface area contributed by atoms with E-state index in [0.29, 0.717) is 30.9 Å². The van der Waals surface area contributed by atoms with Crippen LogP contribution < -0.4 is 11.1 Å². The molecule has 3 N–H and O–H groups in total. The molecule has 1 aromatic heterocycles. The van der Waals surface area contributed by atoms with E-state index in [4.69, 9.17) is 15.2 Å². The van der Waals surface area contributed by atoms with E-state index in [0.717, 1.165) is 18.7 Å². The van der Waals surface area contributed by atoms with E-state index >= 15 is 0 Å². The number of nitrogens with zero attached hydrogens (tertiary/aromatic N) is 2. The second kappa shape index (κ2) is 6.68. The highest BCUT2D eigenvalue weighted by molar-refractivity contribution is 5.45. The van der Waals surface area contributed by atoms with Crippen LogP contribution in [-0.2, 0) is 16.1 Å². The Morgan fingerprint density at radius 3 is 3.00 bits per heavy atom. The monoisotopic (exact) mass is 266 g/mol. The van der Waals surface area contributed by atoms with E-state index in [9.17, 15) is 0 Å². The highest BCUT2D eigenvalue weighted by Gasteiger charge is 2.27. The SMILES string of the molecule is CCOCc1nc(N)cc(NC2CCCC2OC)n1. The number of rotatable bonds is 6. The van der Waals surface area contributed by atoms with E-state index in [-0.39, 0.29) is 6.10 Å². The van der Waals surface area contributed by atoms with Gasteiger partial charge in [-0.25, -0.2) is 9.97 Å². The smallest absolute Gasteiger partial charge is 0.158 e. The number of nitrogens with two attached hydrogens (primary N) is 1. The number of aromatic nitrogens is 2. The molecular formula is C13H22N4O2. The zero-order valence-corrected chi connectivity index (χ0v) is 11.6. The van der Waals surface area contributed by atoms with Crippen LogP contribution in [0.15, 0.2) is 6.07 Å². The van der Waals surface area contributed by atoms with Gasteiger partial charge >= 0.3 is 0 Å². The Morgan fingerprint density at radius 1 is 1.42 bits per heavy atom. The molecule has 0 amide bonds. The summed E-state index contributed by atoms with van der Waals surface area (Å²) in [5.41, 5.74) is 5.79. The standard InChI is InChI=1S/C13H22N4O2/c1-3-19-8-13-16-11(14)7-12(17-13)15-9-5-4-6-10(9)18-2/h7,9-10H,3-6,8H2,1-2H3,(H3,14,15,16,17). The number of nitrogen functional groups attached to an aromatic ring is 1. The summed E-state index contributed by atoms with van der Waals surface area (Å²) in [5, 5.41) is 3.39. The molecule has 106 valence electrons. The van der Waals surface area contributed by atoms with Crippen molar-refractivity contribution in [2.45, 2.75) is 44.9 Å². The summed E-state index contributed by atoms with van der Waals surface area (Å²) in [7, 11) is 1.75. The summed E-state index contributed by atoms with van der Waals surface area (Å²) >= 11 is 0. The van der Waals surface area contributed by atoms with Crippen molar-refractivity contribution < 1.29 is 9.47 Å². The molecule has 6 nitrogen and oxygen atoms in total. The van der Waals surface area contributed by atoms with E-state index in [1.807, 2.05) is 6.92 Å². The van der Waals surface area contributed by atoms with Gasteiger partial charge in [-0.2, -0.15) is 0 Å². The summed E-state index contributed by atoms with van der Waals surface area (Å²) in [5.74, 6) is 1.81. The van der Waals surface area contributed by atoms with E-state index in [1.54, 1.807) is 13.2 Å². The Hall–Kier alpha value is -1.40. The van der Waals surface area contributed by atoms with Gasteiger partial charge in [0.25, 0.3) is 0 Å². The number of ether oxygens (including phenoxy) is 2. The molecule has 1 fully saturated rings. The first-order chi connectivity index (χ1) is 9.22. The molecule has 1 aliphatic rings. The number of nitrogens with one attached hydrogen (secondary N) is 1. The molecule has 0 bridgehead atoms. The van der Waals surface area contributed by atoms with Gasteiger partial charge in [-0.15, -0.1) is 0 Å². The fourth-order valence-electron chi connectivity index (χ4n) is 2.41. The van der Waals surface area contributed by atoms with Crippen molar-refractivity contribution in [3.05, 3.63) is 11.9 Å². The van der Waals surface area contributed by atoms with Crippen molar-refractivity contribution in [3.8, 4) is 0 Å². The second-order valence-corrected chi connectivity index (χ2v) is 4.69. The lowest BCUT2D eigenvalue weighted by Crippen LogP contribution is -2.30. The topological polar surface area (TPSA) is 82.3 Å². The zero-order chi connectivity index (χ0) is 13.7. The molecule has 1 heterocycles. The van der Waals surface area contributed by atoms with Gasteiger partial charge in [0.15, 0.2) is 5.82 Å². The van der Waals surface area contributed by atoms with Gasteiger partial charge in [-0.1, -0.05) is 0 Å². The van der Waals surface area contributed by atoms with Crippen molar-refractivity contribution in [3.63, 3.8) is 0 Å². The number of methoxy groups -OCH3 is 1. The van der Waals surface area contributed by atoms with Crippen molar-refractivity contribution >= 4 is 11.6 Å². The first-order valence-electron chi connectivity index (χ1n) is 6.73. The van der Waals surface area contributed by atoms with Crippen LogP contribution in [0.5, 0.6) is 0 Å². The van der Waals surface area contributed by atoms with E-state index in [2.05, 4.69) is 15.3 Å². The van der Waals surface area contributed by atoms with Crippen LogP contribution in [0.1, 0.15) is 32.0 Å². The van der Waals surface area contributed by atoms with Gasteiger partial charge in [-0.3, -0.25) is 0 Å². The van der Waals surface area contributed by atoms with Gasteiger partial charge in [0.1, 0.15) is 18.2 Å². The lowest BCUT2D eigenvalue weighted by Gasteiger charge is -2.20. The predicted octanol–water partition coefficient (Wildman–Crippen LogP) is 1.57. The Kier molecular flexibility index (Phi) is 4.93. The van der Waals surface area contributed by atoms with Crippen LogP contribution in [0.25, 0.3) is 0 Å². The number of hydrogen-bond donors (Lipinski definition) is 2. The largest absolute Gasteiger partial charge is 0.384 e. The predicted molar refractivity (Wildman–Crippen MR) is 73.8 cm³/mol. The Morgan fingerprint density at radius 2 is 2.26 bits per heavy atom. The molecule has 1 aliphatic carbocycles. The summed E-state index contributed by atoms with van der Waals surface area (Å²) < 4.78 is 10.8. The molecule has 1 saturated carbocycles. The molecule has 0 saturated heterocycles. The third-order valence-corrected chi connectivity index (χ3v) is 3.32. The van der Waals surface area contributed by atoms with Crippen LogP contribution in [0.3, 0.4) is 0 Å². The van der Waals surface area contributed by atoms with E-state index in [1.165, 1.54) is 6.42 Å². The second-order valence-electron chi connectivity index (χ2n) is 4.69. The molecule has 2 unspecified atom stereocenters. The van der Waals surface area contributed by atoms with Crippen molar-refractivity contribution in [2.24, 2.45) is 0 Å². The lowest BCUT2D eigenvalue weighted by molar-refractivity contribution is 0.101. The Labute approximate surface area is 113 Å². The Bertz CT molecular complexity index is 414. The van der Waals surface area contributed by atoms with E-state index < -0.39 is 0 Å². The molecule has 1 aromatic rings. The molecule has 2 rings (SSSR count). The minimum atomic E-state index is 0.242. The molecule has 0 radical (unpaired) electrons. The van der Waals surface area contributed by atoms with Gasteiger partial charge < -0.3 is 20.5 Å². The van der Waals surface area contributed by atoms with Crippen LogP contribution in [0, 0.1) is 0 Å². The average molecular weight is 266 g/mol. The van der Waals surface area contributed by atoms with Crippen molar-refractivity contribution in [1.29, 1.82) is 0 Å². The molecule has 0 aromatic carbocycles. The number of anilines is 2. The van der Waals surface area contributed by atoms with Crippen LogP contribution in [-0.4, -0.2) is 35.8 Å². The van der Waals surface area contributed by atoms with Crippen molar-refractivity contribution in [2.75, 3.05) is 24.8 Å². The molecule has 0 aliphatic heterocycles. The van der Waals surface area contributed by atoms with Crippen LogP contribution in [0.2, 0.25) is 0 Å². The maximum atomic E-state index is 5.79. The van der Waals surface area contributed by atoms with Crippen molar-refractivity contribution in [1.82, 2.24) is 9.97 Å². The van der Waals surface area contributed by atoms with Crippen LogP contribution >= 0.6 is 0 Å². The lowest BCUT2D eigenvalue weighted by atomic mass is 10.2. The fourth-order valence-corrected chi connectivity index (χ4v) is 2.41. The quantitative estimate of drug-likeness (QED) is 0.813. The van der Waals surface area contributed by atoms with Gasteiger partial charge in [0.05, 0.1) is 12.1 Å². The van der Waals surface area contributed by atoms with Gasteiger partial charge in [-0.05, 0) is 26.2 Å². The highest BCUT2D eigenvalue weighted by atomic mass is 16.5. The molecule has 19 heavy (non-hydrogen) atoms. The number of hydrogen-bond acceptors (Lipinski definition) is 6. The zero-order valence-electron chi connectivity index (χ0n) is 11.6. The van der Waals surface area contributed by atoms with Gasteiger partial charge in [0.2, 0.25) is 0 Å². The normalized spacial score (nSPS) is 22.6. The molecule has 6 heteroatoms. The summed E-state index contributed by atoms with van der Waals surface area (Å²) in [4.78, 5) is 8.58. The Balaban J connectivity index is 2.04. The maximum Gasteiger partial charge on any atom is 0.158 e. The minimum Gasteiger partial charge on any atom is -0.384 e. The minimum absolute atomic E-state index is 0.242. The first-order valence-corrected chi connectivity index (χ1v) is 6.73. The van der Waals surface area contributed by atoms with Gasteiger partial charge in [0, 0.05) is 19.8 Å². The average Bonchev–Trinajstić information content (AvgIpc) is 2.83. The third-order valence-electron chi connectivity index (χ3n) is 3.32. The van der Waals surface area contributed by atoms with Crippen LogP contribution in [0.4, 0.5) is 11.6 Å². The molecule has 2 atom stereocenters.